The van der Waals surface area contributed by atoms with Crippen molar-refractivity contribution in [2.45, 2.75) is 46.1 Å². The molecule has 1 saturated heterocycles. The highest BCUT2D eigenvalue weighted by molar-refractivity contribution is 6.28. The molecule has 6 nitrogen and oxygen atoms in total. The number of amides is 1. The summed E-state index contributed by atoms with van der Waals surface area (Å²) in [5.74, 6) is 1.19. The molecule has 0 N–H and O–H groups in total. The van der Waals surface area contributed by atoms with Crippen molar-refractivity contribution in [2.75, 3.05) is 31.6 Å². The maximum atomic E-state index is 12.3. The van der Waals surface area contributed by atoms with E-state index in [0.29, 0.717) is 12.5 Å². The van der Waals surface area contributed by atoms with Crippen LogP contribution >= 0.6 is 11.6 Å². The first kappa shape index (κ1) is 18.8. The lowest BCUT2D eigenvalue weighted by atomic mass is 9.98. The van der Waals surface area contributed by atoms with Crippen LogP contribution < -0.4 is 4.90 Å². The fourth-order valence-corrected chi connectivity index (χ4v) is 3.12. The molecule has 24 heavy (non-hydrogen) atoms. The van der Waals surface area contributed by atoms with Crippen molar-refractivity contribution in [3.63, 3.8) is 0 Å². The summed E-state index contributed by atoms with van der Waals surface area (Å²) in [5.41, 5.74) is 0.381. The molecular weight excluding hydrogens is 328 g/mol. The van der Waals surface area contributed by atoms with Gasteiger partial charge in [-0.1, -0.05) is 0 Å². The number of carbonyl (C=O) groups is 1. The Morgan fingerprint density at radius 3 is 2.79 bits per heavy atom. The first-order chi connectivity index (χ1) is 11.1. The topological polar surface area (TPSA) is 58.6 Å². The number of likely N-dealkylation sites (tertiary alicyclic amines) is 1. The van der Waals surface area contributed by atoms with Crippen molar-refractivity contribution >= 4 is 23.5 Å². The van der Waals surface area contributed by atoms with Gasteiger partial charge in [0.2, 0.25) is 5.28 Å². The minimum absolute atomic E-state index is 0.226. The molecule has 0 bridgehead atoms. The summed E-state index contributed by atoms with van der Waals surface area (Å²) >= 11 is 5.94. The van der Waals surface area contributed by atoms with Crippen molar-refractivity contribution in [1.82, 2.24) is 14.9 Å². The predicted molar refractivity (Wildman–Crippen MR) is 95.6 cm³/mol. The Morgan fingerprint density at radius 2 is 2.17 bits per heavy atom. The van der Waals surface area contributed by atoms with Gasteiger partial charge in [0.25, 0.3) is 0 Å². The van der Waals surface area contributed by atoms with E-state index in [9.17, 15) is 4.79 Å². The number of nitrogens with zero attached hydrogens (tertiary/aromatic N) is 4. The number of carbonyl (C=O) groups excluding carboxylic acids is 1. The second-order valence-electron chi connectivity index (χ2n) is 7.45. The van der Waals surface area contributed by atoms with E-state index in [4.69, 9.17) is 16.3 Å². The van der Waals surface area contributed by atoms with Crippen LogP contribution in [0.25, 0.3) is 0 Å². The molecule has 7 heteroatoms. The highest BCUT2D eigenvalue weighted by Crippen LogP contribution is 2.22. The molecule has 0 spiro atoms. The van der Waals surface area contributed by atoms with Gasteiger partial charge in [-0.15, -0.1) is 0 Å². The van der Waals surface area contributed by atoms with Gasteiger partial charge >= 0.3 is 6.09 Å². The minimum atomic E-state index is -0.462. The molecule has 0 radical (unpaired) electrons. The Labute approximate surface area is 149 Å². The van der Waals surface area contributed by atoms with E-state index in [1.165, 1.54) is 0 Å². The fraction of sp³-hybridized carbons (Fsp3) is 0.706. The number of piperidine rings is 1. The maximum Gasteiger partial charge on any atom is 0.410 e. The van der Waals surface area contributed by atoms with E-state index in [1.54, 1.807) is 0 Å². The summed E-state index contributed by atoms with van der Waals surface area (Å²) in [6.45, 7) is 9.84. The van der Waals surface area contributed by atoms with E-state index < -0.39 is 5.60 Å². The quantitative estimate of drug-likeness (QED) is 0.777. The molecule has 0 saturated carbocycles. The van der Waals surface area contributed by atoms with E-state index in [0.717, 1.165) is 37.4 Å². The third-order valence-electron chi connectivity index (χ3n) is 3.91. The zero-order valence-electron chi connectivity index (χ0n) is 15.2. The predicted octanol–water partition coefficient (Wildman–Crippen LogP) is 3.52. The second-order valence-corrected chi connectivity index (χ2v) is 7.79. The summed E-state index contributed by atoms with van der Waals surface area (Å²) in [4.78, 5) is 24.5. The average molecular weight is 355 g/mol. The number of ether oxygens (including phenoxy) is 1. The van der Waals surface area contributed by atoms with Crippen molar-refractivity contribution in [3.8, 4) is 0 Å². The molecule has 0 unspecified atom stereocenters. The highest BCUT2D eigenvalue weighted by atomic mass is 35.5. The number of halogens is 1. The number of anilines is 1. The third kappa shape index (κ3) is 5.51. The third-order valence-corrected chi connectivity index (χ3v) is 4.08. The number of rotatable bonds is 3. The Balaban J connectivity index is 1.96. The van der Waals surface area contributed by atoms with Gasteiger partial charge in [0.15, 0.2) is 0 Å². The normalized spacial score (nSPS) is 18.4. The SMILES string of the molecule is Cc1cc(N(C)C[C@H]2CCCN(C(=O)OC(C)(C)C)C2)nc(Cl)n1. The van der Waals surface area contributed by atoms with Crippen LogP contribution in [0.3, 0.4) is 0 Å². The molecular formula is C17H27ClN4O2. The van der Waals surface area contributed by atoms with Crippen molar-refractivity contribution in [2.24, 2.45) is 5.92 Å². The van der Waals surface area contributed by atoms with Gasteiger partial charge in [-0.2, -0.15) is 0 Å². The average Bonchev–Trinajstić information content (AvgIpc) is 2.44. The highest BCUT2D eigenvalue weighted by Gasteiger charge is 2.28. The Bertz CT molecular complexity index is 568. The molecule has 1 atom stereocenters. The fourth-order valence-electron chi connectivity index (χ4n) is 2.90. The molecule has 1 aliphatic rings. The molecule has 1 fully saturated rings. The van der Waals surface area contributed by atoms with E-state index in [1.807, 2.05) is 45.7 Å². The van der Waals surface area contributed by atoms with Gasteiger partial charge in [-0.25, -0.2) is 14.8 Å². The van der Waals surface area contributed by atoms with Crippen molar-refractivity contribution < 1.29 is 9.53 Å². The van der Waals surface area contributed by atoms with Crippen LogP contribution in [0.4, 0.5) is 10.6 Å². The summed E-state index contributed by atoms with van der Waals surface area (Å²) < 4.78 is 5.48. The van der Waals surface area contributed by atoms with Crippen LogP contribution in [0.1, 0.15) is 39.3 Å². The Morgan fingerprint density at radius 1 is 1.46 bits per heavy atom. The molecule has 134 valence electrons. The second kappa shape index (κ2) is 7.55. The Kier molecular flexibility index (Phi) is 5.91. The lowest BCUT2D eigenvalue weighted by molar-refractivity contribution is 0.0170. The van der Waals surface area contributed by atoms with Crippen LogP contribution in [-0.4, -0.2) is 53.2 Å². The first-order valence-electron chi connectivity index (χ1n) is 8.34. The summed E-state index contributed by atoms with van der Waals surface area (Å²) in [6.07, 6.45) is 1.85. The van der Waals surface area contributed by atoms with Gasteiger partial charge in [-0.05, 0) is 58.1 Å². The zero-order chi connectivity index (χ0) is 17.9. The monoisotopic (exact) mass is 354 g/mol. The summed E-state index contributed by atoms with van der Waals surface area (Å²) in [7, 11) is 1.99. The molecule has 2 rings (SSSR count). The van der Waals surface area contributed by atoms with Gasteiger partial charge in [0.05, 0.1) is 0 Å². The number of aromatic nitrogens is 2. The molecule has 1 amide bonds. The van der Waals surface area contributed by atoms with Gasteiger partial charge in [-0.3, -0.25) is 0 Å². The first-order valence-corrected chi connectivity index (χ1v) is 8.72. The number of hydrogen-bond donors (Lipinski definition) is 0. The van der Waals surface area contributed by atoms with E-state index >= 15 is 0 Å². The van der Waals surface area contributed by atoms with Crippen LogP contribution in [-0.2, 0) is 4.74 Å². The standard InChI is InChI=1S/C17H27ClN4O2/c1-12-9-14(20-15(18)19-12)21(5)10-13-7-6-8-22(11-13)16(23)24-17(2,3)4/h9,13H,6-8,10-11H2,1-5H3/t13-/m1/s1. The van der Waals surface area contributed by atoms with Crippen molar-refractivity contribution in [3.05, 3.63) is 17.0 Å². The lowest BCUT2D eigenvalue weighted by Gasteiger charge is -2.35. The van der Waals surface area contributed by atoms with Gasteiger partial charge < -0.3 is 14.5 Å². The van der Waals surface area contributed by atoms with E-state index in [2.05, 4.69) is 14.9 Å². The largest absolute Gasteiger partial charge is 0.444 e. The van der Waals surface area contributed by atoms with Gasteiger partial charge in [0, 0.05) is 38.4 Å². The van der Waals surface area contributed by atoms with Gasteiger partial charge in [0.1, 0.15) is 11.4 Å². The number of aryl methyl sites for hydroxylation is 1. The zero-order valence-corrected chi connectivity index (χ0v) is 15.9. The van der Waals surface area contributed by atoms with Crippen molar-refractivity contribution in [1.29, 1.82) is 0 Å². The molecule has 0 aliphatic carbocycles. The number of hydrogen-bond acceptors (Lipinski definition) is 5. The molecule has 2 heterocycles. The minimum Gasteiger partial charge on any atom is -0.444 e. The maximum absolute atomic E-state index is 12.3. The smallest absolute Gasteiger partial charge is 0.410 e. The lowest BCUT2D eigenvalue weighted by Crippen LogP contribution is -2.45. The Hall–Kier alpha value is -1.56. The van der Waals surface area contributed by atoms with E-state index in [-0.39, 0.29) is 11.4 Å². The molecule has 1 aliphatic heterocycles. The molecule has 1 aromatic heterocycles. The van der Waals surface area contributed by atoms with Crippen LogP contribution in [0.15, 0.2) is 6.07 Å². The summed E-state index contributed by atoms with van der Waals surface area (Å²) in [6, 6.07) is 1.92. The molecule has 1 aromatic rings. The molecule has 0 aromatic carbocycles. The summed E-state index contributed by atoms with van der Waals surface area (Å²) in [5, 5.41) is 0.260. The van der Waals surface area contributed by atoms with Crippen LogP contribution in [0.5, 0.6) is 0 Å². The van der Waals surface area contributed by atoms with Crippen LogP contribution in [0, 0.1) is 12.8 Å². The van der Waals surface area contributed by atoms with Crippen LogP contribution in [0.2, 0.25) is 5.28 Å².